The summed E-state index contributed by atoms with van der Waals surface area (Å²) in [6.07, 6.45) is 0.0844. The third-order valence-electron chi connectivity index (χ3n) is 2.38. The van der Waals surface area contributed by atoms with Crippen LogP contribution >= 0.6 is 15.9 Å². The van der Waals surface area contributed by atoms with Crippen LogP contribution in [-0.2, 0) is 4.79 Å². The van der Waals surface area contributed by atoms with Crippen LogP contribution in [0, 0.1) is 0 Å². The number of carbonyl (C=O) groups excluding carboxylic acids is 1. The van der Waals surface area contributed by atoms with E-state index in [1.165, 1.54) is 0 Å². The van der Waals surface area contributed by atoms with E-state index in [9.17, 15) is 9.59 Å². The first-order chi connectivity index (χ1) is 6.59. The Balaban J connectivity index is 2.56. The molecule has 0 aromatic heterocycles. The molecule has 4 heteroatoms. The van der Waals surface area contributed by atoms with E-state index >= 15 is 0 Å². The van der Waals surface area contributed by atoms with E-state index in [1.807, 2.05) is 0 Å². The fourth-order valence-corrected chi connectivity index (χ4v) is 2.08. The highest BCUT2D eigenvalue weighted by atomic mass is 79.9. The lowest BCUT2D eigenvalue weighted by Gasteiger charge is -2.04. The maximum absolute atomic E-state index is 11.4. The van der Waals surface area contributed by atoms with Crippen molar-refractivity contribution >= 4 is 27.7 Å². The first-order valence-electron chi connectivity index (χ1n) is 4.15. The topological polar surface area (TPSA) is 54.4 Å². The van der Waals surface area contributed by atoms with Gasteiger partial charge in [-0.1, -0.05) is 15.9 Å². The number of aliphatic carboxylic acids is 1. The molecule has 1 atom stereocenters. The van der Waals surface area contributed by atoms with Crippen molar-refractivity contribution in [3.8, 4) is 0 Å². The summed E-state index contributed by atoms with van der Waals surface area (Å²) in [5, 5.41) is 8.90. The molecule has 2 rings (SSSR count). The maximum atomic E-state index is 11.4. The van der Waals surface area contributed by atoms with Gasteiger partial charge in [-0.3, -0.25) is 9.59 Å². The number of benzene rings is 1. The lowest BCUT2D eigenvalue weighted by atomic mass is 10.0. The number of carboxylic acid groups (broad SMARTS) is 1. The quantitative estimate of drug-likeness (QED) is 0.836. The number of ketones is 1. The smallest absolute Gasteiger partial charge is 0.311 e. The molecule has 3 nitrogen and oxygen atoms in total. The van der Waals surface area contributed by atoms with Gasteiger partial charge in [-0.25, -0.2) is 0 Å². The molecule has 0 heterocycles. The second kappa shape index (κ2) is 3.20. The molecule has 0 fully saturated rings. The van der Waals surface area contributed by atoms with E-state index in [0.29, 0.717) is 11.1 Å². The Bertz CT molecular complexity index is 425. The molecule has 0 saturated carbocycles. The van der Waals surface area contributed by atoms with Crippen LogP contribution in [0.2, 0.25) is 0 Å². The van der Waals surface area contributed by atoms with Gasteiger partial charge in [0.15, 0.2) is 5.78 Å². The molecule has 0 radical (unpaired) electrons. The van der Waals surface area contributed by atoms with E-state index in [4.69, 9.17) is 5.11 Å². The number of fused-ring (bicyclic) bond motifs is 1. The van der Waals surface area contributed by atoms with Crippen LogP contribution in [-0.4, -0.2) is 16.9 Å². The number of carboxylic acids is 1. The van der Waals surface area contributed by atoms with Crippen LogP contribution in [0.1, 0.15) is 28.3 Å². The van der Waals surface area contributed by atoms with Gasteiger partial charge in [0, 0.05) is 16.5 Å². The summed E-state index contributed by atoms with van der Waals surface area (Å²) in [6.45, 7) is 0. The molecule has 0 spiro atoms. The third kappa shape index (κ3) is 1.35. The lowest BCUT2D eigenvalue weighted by molar-refractivity contribution is -0.138. The van der Waals surface area contributed by atoms with Crippen molar-refractivity contribution in [3.63, 3.8) is 0 Å². The van der Waals surface area contributed by atoms with Crippen LogP contribution in [0.3, 0.4) is 0 Å². The highest BCUT2D eigenvalue weighted by Gasteiger charge is 2.34. The van der Waals surface area contributed by atoms with Crippen molar-refractivity contribution in [3.05, 3.63) is 33.8 Å². The van der Waals surface area contributed by atoms with Crippen molar-refractivity contribution < 1.29 is 14.7 Å². The third-order valence-corrected chi connectivity index (χ3v) is 2.87. The molecule has 0 aliphatic heterocycles. The van der Waals surface area contributed by atoms with Gasteiger partial charge in [-0.15, -0.1) is 0 Å². The number of Topliss-reactive ketones (excluding diaryl/α,β-unsaturated/α-hetero) is 1. The van der Waals surface area contributed by atoms with E-state index in [1.54, 1.807) is 18.2 Å². The summed E-state index contributed by atoms with van der Waals surface area (Å²) < 4.78 is 0.803. The van der Waals surface area contributed by atoms with Crippen LogP contribution in [0.4, 0.5) is 0 Å². The van der Waals surface area contributed by atoms with Gasteiger partial charge in [0.05, 0.1) is 5.92 Å². The molecular weight excluding hydrogens is 248 g/mol. The maximum Gasteiger partial charge on any atom is 0.311 e. The average Bonchev–Trinajstić information content (AvgIpc) is 2.43. The van der Waals surface area contributed by atoms with Crippen molar-refractivity contribution in [2.45, 2.75) is 12.3 Å². The molecule has 72 valence electrons. The minimum absolute atomic E-state index is 0.0834. The minimum atomic E-state index is -0.935. The SMILES string of the molecule is O=C1C[C@H](C(=O)O)c2cc(Br)ccc21. The molecule has 0 bridgehead atoms. The zero-order chi connectivity index (χ0) is 10.3. The molecule has 1 aromatic rings. The summed E-state index contributed by atoms with van der Waals surface area (Å²) in [4.78, 5) is 22.3. The first-order valence-corrected chi connectivity index (χ1v) is 4.94. The predicted octanol–water partition coefficient (Wildman–Crippen LogP) is 2.20. The zero-order valence-electron chi connectivity index (χ0n) is 7.16. The van der Waals surface area contributed by atoms with Crippen LogP contribution in [0.25, 0.3) is 0 Å². The molecule has 0 amide bonds. The normalized spacial score (nSPS) is 19.5. The van der Waals surface area contributed by atoms with Crippen LogP contribution in [0.5, 0.6) is 0 Å². The summed E-state index contributed by atoms with van der Waals surface area (Å²) in [5.74, 6) is -1.69. The number of rotatable bonds is 1. The van der Waals surface area contributed by atoms with Crippen molar-refractivity contribution in [1.82, 2.24) is 0 Å². The largest absolute Gasteiger partial charge is 0.481 e. The molecule has 1 aliphatic carbocycles. The minimum Gasteiger partial charge on any atom is -0.481 e. The van der Waals surface area contributed by atoms with Crippen LogP contribution < -0.4 is 0 Å². The predicted molar refractivity (Wildman–Crippen MR) is 53.5 cm³/mol. The number of hydrogen-bond acceptors (Lipinski definition) is 2. The second-order valence-electron chi connectivity index (χ2n) is 3.25. The molecule has 0 unspecified atom stereocenters. The van der Waals surface area contributed by atoms with Crippen molar-refractivity contribution in [2.75, 3.05) is 0 Å². The van der Waals surface area contributed by atoms with E-state index < -0.39 is 11.9 Å². The molecule has 1 aliphatic rings. The average molecular weight is 255 g/mol. The van der Waals surface area contributed by atoms with Gasteiger partial charge in [0.2, 0.25) is 0 Å². The first kappa shape index (κ1) is 9.40. The van der Waals surface area contributed by atoms with Gasteiger partial charge in [0.1, 0.15) is 0 Å². The standard InChI is InChI=1S/C10H7BrO3/c11-5-1-2-6-7(3-5)8(10(13)14)4-9(6)12/h1-3,8H,4H2,(H,13,14)/t8-/m0/s1. The Labute approximate surface area is 88.9 Å². The monoisotopic (exact) mass is 254 g/mol. The second-order valence-corrected chi connectivity index (χ2v) is 4.17. The van der Waals surface area contributed by atoms with Crippen molar-refractivity contribution in [1.29, 1.82) is 0 Å². The highest BCUT2D eigenvalue weighted by Crippen LogP contribution is 2.34. The fraction of sp³-hybridized carbons (Fsp3) is 0.200. The Morgan fingerprint density at radius 2 is 2.21 bits per heavy atom. The summed E-state index contributed by atoms with van der Waals surface area (Å²) in [6, 6.07) is 5.13. The van der Waals surface area contributed by atoms with E-state index in [2.05, 4.69) is 15.9 Å². The van der Waals surface area contributed by atoms with Gasteiger partial charge >= 0.3 is 5.97 Å². The zero-order valence-corrected chi connectivity index (χ0v) is 8.74. The molecule has 1 N–H and O–H groups in total. The summed E-state index contributed by atoms with van der Waals surface area (Å²) >= 11 is 3.26. The van der Waals surface area contributed by atoms with Crippen molar-refractivity contribution in [2.24, 2.45) is 0 Å². The van der Waals surface area contributed by atoms with Gasteiger partial charge in [0.25, 0.3) is 0 Å². The molecule has 1 aromatic carbocycles. The fourth-order valence-electron chi connectivity index (χ4n) is 1.70. The Hall–Kier alpha value is -1.16. The van der Waals surface area contributed by atoms with Gasteiger partial charge in [-0.05, 0) is 23.8 Å². The molecule has 0 saturated heterocycles. The molecular formula is C10H7BrO3. The van der Waals surface area contributed by atoms with Gasteiger partial charge < -0.3 is 5.11 Å². The Morgan fingerprint density at radius 1 is 1.50 bits per heavy atom. The van der Waals surface area contributed by atoms with E-state index in [-0.39, 0.29) is 12.2 Å². The number of hydrogen-bond donors (Lipinski definition) is 1. The molecule has 14 heavy (non-hydrogen) atoms. The summed E-state index contributed by atoms with van der Waals surface area (Å²) in [5.41, 5.74) is 1.16. The van der Waals surface area contributed by atoms with E-state index in [0.717, 1.165) is 4.47 Å². The Morgan fingerprint density at radius 3 is 2.86 bits per heavy atom. The van der Waals surface area contributed by atoms with Crippen LogP contribution in [0.15, 0.2) is 22.7 Å². The lowest BCUT2D eigenvalue weighted by Crippen LogP contribution is -2.08. The highest BCUT2D eigenvalue weighted by molar-refractivity contribution is 9.10. The number of halogens is 1. The van der Waals surface area contributed by atoms with Gasteiger partial charge in [-0.2, -0.15) is 0 Å². The number of carbonyl (C=O) groups is 2. The summed E-state index contributed by atoms with van der Waals surface area (Å²) in [7, 11) is 0. The Kier molecular flexibility index (Phi) is 2.15.